The Morgan fingerprint density at radius 3 is 2.90 bits per heavy atom. The standard InChI is InChI=1S/C12H8Cl2N4O2/c13-10-11(16-12(14)18-17-10)20-7-2-3-8-6(5-7)1-4-9(19)15-8/h2-3,5H,1,4H2,(H,15,19). The van der Waals surface area contributed by atoms with Crippen LogP contribution in [0.15, 0.2) is 18.2 Å². The van der Waals surface area contributed by atoms with Crippen molar-refractivity contribution in [2.75, 3.05) is 5.32 Å². The fourth-order valence-corrected chi connectivity index (χ4v) is 2.11. The number of nitrogens with zero attached hydrogens (tertiary/aromatic N) is 3. The third-order valence-corrected chi connectivity index (χ3v) is 3.17. The van der Waals surface area contributed by atoms with Gasteiger partial charge in [0.05, 0.1) is 0 Å². The molecule has 0 aliphatic carbocycles. The minimum absolute atomic E-state index is 0.0148. The zero-order valence-electron chi connectivity index (χ0n) is 10.1. The second kappa shape index (κ2) is 5.22. The fourth-order valence-electron chi connectivity index (χ4n) is 1.88. The van der Waals surface area contributed by atoms with E-state index in [9.17, 15) is 4.79 Å². The highest BCUT2D eigenvalue weighted by Crippen LogP contribution is 2.31. The van der Waals surface area contributed by atoms with Crippen LogP contribution in [0.1, 0.15) is 12.0 Å². The van der Waals surface area contributed by atoms with Gasteiger partial charge in [0.15, 0.2) is 0 Å². The molecule has 2 aromatic rings. The number of aromatic nitrogens is 3. The Morgan fingerprint density at radius 2 is 2.05 bits per heavy atom. The van der Waals surface area contributed by atoms with Gasteiger partial charge in [-0.3, -0.25) is 4.79 Å². The van der Waals surface area contributed by atoms with Crippen LogP contribution in [0.2, 0.25) is 10.4 Å². The Balaban J connectivity index is 1.88. The van der Waals surface area contributed by atoms with Crippen molar-refractivity contribution in [3.63, 3.8) is 0 Å². The summed E-state index contributed by atoms with van der Waals surface area (Å²) in [4.78, 5) is 15.1. The Morgan fingerprint density at radius 1 is 1.20 bits per heavy atom. The number of nitrogens with one attached hydrogen (secondary N) is 1. The zero-order chi connectivity index (χ0) is 14.1. The van der Waals surface area contributed by atoms with Crippen molar-refractivity contribution in [2.45, 2.75) is 12.8 Å². The summed E-state index contributed by atoms with van der Waals surface area (Å²) in [6.45, 7) is 0. The number of ether oxygens (including phenoxy) is 1. The topological polar surface area (TPSA) is 77.0 Å². The minimum atomic E-state index is -0.0466. The molecule has 0 spiro atoms. The number of hydrogen-bond donors (Lipinski definition) is 1. The van der Waals surface area contributed by atoms with Gasteiger partial charge in [-0.1, -0.05) is 11.6 Å². The van der Waals surface area contributed by atoms with E-state index in [4.69, 9.17) is 27.9 Å². The van der Waals surface area contributed by atoms with E-state index in [1.807, 2.05) is 6.07 Å². The molecule has 102 valence electrons. The first-order valence-electron chi connectivity index (χ1n) is 5.78. The number of amides is 1. The summed E-state index contributed by atoms with van der Waals surface area (Å²) in [5.41, 5.74) is 1.78. The average molecular weight is 311 g/mol. The molecule has 0 bridgehead atoms. The van der Waals surface area contributed by atoms with E-state index in [0.717, 1.165) is 11.3 Å². The normalized spacial score (nSPS) is 13.6. The van der Waals surface area contributed by atoms with Gasteiger partial charge < -0.3 is 10.1 Å². The molecule has 1 aromatic carbocycles. The monoisotopic (exact) mass is 310 g/mol. The fraction of sp³-hybridized carbons (Fsp3) is 0.167. The molecule has 1 N–H and O–H groups in total. The van der Waals surface area contributed by atoms with Crippen molar-refractivity contribution >= 4 is 34.8 Å². The first kappa shape index (κ1) is 13.1. The number of anilines is 1. The highest BCUT2D eigenvalue weighted by atomic mass is 35.5. The van der Waals surface area contributed by atoms with Gasteiger partial charge in [-0.05, 0) is 41.8 Å². The molecule has 1 aromatic heterocycles. The molecule has 0 saturated heterocycles. The lowest BCUT2D eigenvalue weighted by Gasteiger charge is -2.17. The highest BCUT2D eigenvalue weighted by molar-refractivity contribution is 6.31. The van der Waals surface area contributed by atoms with Gasteiger partial charge in [0.2, 0.25) is 16.3 Å². The number of rotatable bonds is 2. The van der Waals surface area contributed by atoms with E-state index < -0.39 is 0 Å². The van der Waals surface area contributed by atoms with Gasteiger partial charge in [-0.15, -0.1) is 10.2 Å². The first-order valence-corrected chi connectivity index (χ1v) is 6.54. The lowest BCUT2D eigenvalue weighted by Crippen LogP contribution is -2.18. The Bertz CT molecular complexity index is 693. The molecule has 0 atom stereocenters. The molecule has 20 heavy (non-hydrogen) atoms. The van der Waals surface area contributed by atoms with Gasteiger partial charge in [0, 0.05) is 12.1 Å². The van der Waals surface area contributed by atoms with E-state index in [1.54, 1.807) is 12.1 Å². The van der Waals surface area contributed by atoms with Crippen LogP contribution in [0.4, 0.5) is 5.69 Å². The molecule has 0 radical (unpaired) electrons. The lowest BCUT2D eigenvalue weighted by molar-refractivity contribution is -0.116. The molecule has 1 aliphatic heterocycles. The molecule has 1 amide bonds. The van der Waals surface area contributed by atoms with Crippen LogP contribution in [0.25, 0.3) is 0 Å². The molecule has 3 rings (SSSR count). The maximum Gasteiger partial charge on any atom is 0.262 e. The maximum absolute atomic E-state index is 11.3. The van der Waals surface area contributed by atoms with E-state index in [1.165, 1.54) is 0 Å². The Kier molecular flexibility index (Phi) is 3.42. The molecule has 1 aliphatic rings. The third kappa shape index (κ3) is 2.66. The molecule has 0 unspecified atom stereocenters. The Hall–Kier alpha value is -1.92. The van der Waals surface area contributed by atoms with Gasteiger partial charge in [-0.2, -0.15) is 4.98 Å². The summed E-state index contributed by atoms with van der Waals surface area (Å²) in [5, 5.41) is 9.89. The lowest BCUT2D eigenvalue weighted by atomic mass is 10.0. The van der Waals surface area contributed by atoms with Crippen LogP contribution in [-0.2, 0) is 11.2 Å². The molecular weight excluding hydrogens is 303 g/mol. The van der Waals surface area contributed by atoms with Crippen molar-refractivity contribution in [3.05, 3.63) is 34.2 Å². The van der Waals surface area contributed by atoms with E-state index in [2.05, 4.69) is 20.5 Å². The van der Waals surface area contributed by atoms with Crippen molar-refractivity contribution in [3.8, 4) is 11.6 Å². The van der Waals surface area contributed by atoms with E-state index >= 15 is 0 Å². The van der Waals surface area contributed by atoms with Crippen LogP contribution >= 0.6 is 23.2 Å². The Labute approximate surface area is 124 Å². The summed E-state index contributed by atoms with van der Waals surface area (Å²) in [6, 6.07) is 5.30. The van der Waals surface area contributed by atoms with Crippen molar-refractivity contribution in [1.29, 1.82) is 0 Å². The van der Waals surface area contributed by atoms with Gasteiger partial charge in [0.25, 0.3) is 5.88 Å². The average Bonchev–Trinajstić information content (AvgIpc) is 2.43. The van der Waals surface area contributed by atoms with E-state index in [-0.39, 0.29) is 22.2 Å². The van der Waals surface area contributed by atoms with Crippen molar-refractivity contribution in [2.24, 2.45) is 0 Å². The smallest absolute Gasteiger partial charge is 0.262 e. The number of carbonyl (C=O) groups excluding carboxylic acids is 1. The molecule has 0 saturated carbocycles. The number of aryl methyl sites for hydroxylation is 1. The number of carbonyl (C=O) groups is 1. The quantitative estimate of drug-likeness (QED) is 0.923. The van der Waals surface area contributed by atoms with Crippen LogP contribution < -0.4 is 10.1 Å². The van der Waals surface area contributed by atoms with Crippen molar-refractivity contribution in [1.82, 2.24) is 15.2 Å². The van der Waals surface area contributed by atoms with Gasteiger partial charge in [0.1, 0.15) is 5.75 Å². The summed E-state index contributed by atoms with van der Waals surface area (Å²) < 4.78 is 5.54. The molecular formula is C12H8Cl2N4O2. The number of hydrogen-bond acceptors (Lipinski definition) is 5. The molecule has 8 heteroatoms. The number of benzene rings is 1. The van der Waals surface area contributed by atoms with Crippen molar-refractivity contribution < 1.29 is 9.53 Å². The largest absolute Gasteiger partial charge is 0.436 e. The highest BCUT2D eigenvalue weighted by Gasteiger charge is 2.16. The van der Waals surface area contributed by atoms with Crippen LogP contribution in [-0.4, -0.2) is 21.1 Å². The summed E-state index contributed by atoms with van der Waals surface area (Å²) >= 11 is 11.5. The second-order valence-electron chi connectivity index (χ2n) is 4.15. The molecule has 2 heterocycles. The SMILES string of the molecule is O=C1CCc2cc(Oc3nc(Cl)nnc3Cl)ccc2N1. The van der Waals surface area contributed by atoms with Crippen LogP contribution in [0.5, 0.6) is 11.6 Å². The third-order valence-electron chi connectivity index (χ3n) is 2.78. The van der Waals surface area contributed by atoms with E-state index in [0.29, 0.717) is 18.6 Å². The number of halogens is 2. The van der Waals surface area contributed by atoms with Crippen LogP contribution in [0.3, 0.4) is 0 Å². The number of fused-ring (bicyclic) bond motifs is 1. The summed E-state index contributed by atoms with van der Waals surface area (Å²) in [7, 11) is 0. The minimum Gasteiger partial charge on any atom is -0.436 e. The predicted molar refractivity (Wildman–Crippen MR) is 73.3 cm³/mol. The zero-order valence-corrected chi connectivity index (χ0v) is 11.6. The summed E-state index contributed by atoms with van der Waals surface area (Å²) in [6.07, 6.45) is 1.12. The second-order valence-corrected chi connectivity index (χ2v) is 4.84. The molecule has 0 fully saturated rings. The first-order chi connectivity index (χ1) is 9.61. The summed E-state index contributed by atoms with van der Waals surface area (Å²) in [5.74, 6) is 0.644. The van der Waals surface area contributed by atoms with Gasteiger partial charge in [-0.25, -0.2) is 0 Å². The van der Waals surface area contributed by atoms with Crippen LogP contribution in [0, 0.1) is 0 Å². The van der Waals surface area contributed by atoms with Gasteiger partial charge >= 0.3 is 0 Å². The predicted octanol–water partition coefficient (Wildman–Crippen LogP) is 2.86. The maximum atomic E-state index is 11.3. The molecule has 6 nitrogen and oxygen atoms in total.